The van der Waals surface area contributed by atoms with Gasteiger partial charge in [-0.05, 0) is 29.6 Å². The van der Waals surface area contributed by atoms with E-state index in [0.717, 1.165) is 12.8 Å². The second-order valence-electron chi connectivity index (χ2n) is 5.25. The van der Waals surface area contributed by atoms with Gasteiger partial charge in [0.15, 0.2) is 0 Å². The fraction of sp³-hybridized carbons (Fsp3) is 0.333. The van der Waals surface area contributed by atoms with Crippen LogP contribution in [0.3, 0.4) is 0 Å². The number of hydrogen-bond acceptors (Lipinski definition) is 3. The summed E-state index contributed by atoms with van der Waals surface area (Å²) in [5.41, 5.74) is 3.79. The summed E-state index contributed by atoms with van der Waals surface area (Å²) in [5.74, 6) is 0.696. The van der Waals surface area contributed by atoms with Crippen LogP contribution < -0.4 is 4.52 Å². The van der Waals surface area contributed by atoms with Gasteiger partial charge in [-0.2, -0.15) is 0 Å². The Morgan fingerprint density at radius 2 is 1.95 bits per heavy atom. The van der Waals surface area contributed by atoms with Crippen LogP contribution in [0.5, 0.6) is 0 Å². The van der Waals surface area contributed by atoms with Gasteiger partial charge < -0.3 is 0 Å². The van der Waals surface area contributed by atoms with Crippen molar-refractivity contribution in [2.45, 2.75) is 32.2 Å². The van der Waals surface area contributed by atoms with Crippen molar-refractivity contribution < 1.29 is 4.52 Å². The van der Waals surface area contributed by atoms with Gasteiger partial charge in [0.25, 0.3) is 0 Å². The summed E-state index contributed by atoms with van der Waals surface area (Å²) in [6.45, 7) is 0.680. The highest BCUT2D eigenvalue weighted by atomic mass is 15.6. The van der Waals surface area contributed by atoms with E-state index in [-0.39, 0.29) is 0 Å². The zero-order valence-corrected chi connectivity index (χ0v) is 11.2. The molecule has 1 aromatic carbocycles. The molecule has 100 valence electrons. The zero-order valence-electron chi connectivity index (χ0n) is 11.2. The van der Waals surface area contributed by atoms with E-state index < -0.39 is 0 Å². The fourth-order valence-electron chi connectivity index (χ4n) is 2.81. The fourth-order valence-corrected chi connectivity index (χ4v) is 2.81. The Balaban J connectivity index is 1.75. The molecule has 1 aliphatic carbocycles. The molecule has 1 aliphatic rings. The van der Waals surface area contributed by atoms with Gasteiger partial charge >= 0.3 is 5.78 Å². The average molecular weight is 266 g/mol. The molecule has 5 nitrogen and oxygen atoms in total. The largest absolute Gasteiger partial charge is 0.439 e. The van der Waals surface area contributed by atoms with E-state index in [1.165, 1.54) is 29.7 Å². The molecule has 3 aromatic rings. The molecule has 0 amide bonds. The Kier molecular flexibility index (Phi) is 2.69. The van der Waals surface area contributed by atoms with E-state index >= 15 is 0 Å². The predicted molar refractivity (Wildman–Crippen MR) is 73.2 cm³/mol. The van der Waals surface area contributed by atoms with Crippen molar-refractivity contribution >= 4 is 5.78 Å². The Bertz CT molecular complexity index is 748. The number of nitrogens with zero attached hydrogens (tertiary/aromatic N) is 5. The SMILES string of the molecule is c1ccc(Cn2nc3ncc4c([n+]3n2)CCCC4)cc1. The highest BCUT2D eigenvalue weighted by molar-refractivity contribution is 5.22. The van der Waals surface area contributed by atoms with Gasteiger partial charge in [0.05, 0.1) is 11.3 Å². The van der Waals surface area contributed by atoms with Gasteiger partial charge in [0.2, 0.25) is 0 Å². The zero-order chi connectivity index (χ0) is 13.4. The van der Waals surface area contributed by atoms with E-state index in [1.54, 1.807) is 4.80 Å². The summed E-state index contributed by atoms with van der Waals surface area (Å²) in [4.78, 5) is 6.15. The third kappa shape index (κ3) is 1.95. The molecule has 0 fully saturated rings. The van der Waals surface area contributed by atoms with Crippen LogP contribution in [0.15, 0.2) is 36.5 Å². The first-order valence-electron chi connectivity index (χ1n) is 7.08. The number of benzene rings is 1. The molecule has 0 saturated heterocycles. The third-order valence-corrected chi connectivity index (χ3v) is 3.83. The molecule has 0 atom stereocenters. The number of hydrogen-bond donors (Lipinski definition) is 0. The number of aryl methyl sites for hydroxylation is 2. The van der Waals surface area contributed by atoms with Gasteiger partial charge in [-0.25, -0.2) is 0 Å². The maximum Gasteiger partial charge on any atom is 0.439 e. The molecule has 0 aliphatic heterocycles. The Hall–Kier alpha value is -2.30. The van der Waals surface area contributed by atoms with Gasteiger partial charge in [-0.3, -0.25) is 0 Å². The van der Waals surface area contributed by atoms with Crippen LogP contribution in [0, 0.1) is 0 Å². The van der Waals surface area contributed by atoms with Crippen LogP contribution in [-0.4, -0.2) is 20.1 Å². The molecule has 2 aromatic heterocycles. The van der Waals surface area contributed by atoms with E-state index in [9.17, 15) is 0 Å². The summed E-state index contributed by atoms with van der Waals surface area (Å²) in [6.07, 6.45) is 6.62. The maximum absolute atomic E-state index is 4.58. The lowest BCUT2D eigenvalue weighted by molar-refractivity contribution is -0.596. The smallest absolute Gasteiger partial charge is 0.108 e. The van der Waals surface area contributed by atoms with E-state index in [4.69, 9.17) is 0 Å². The van der Waals surface area contributed by atoms with E-state index in [1.807, 2.05) is 28.9 Å². The molecule has 0 unspecified atom stereocenters. The first-order valence-corrected chi connectivity index (χ1v) is 7.08. The molecule has 0 radical (unpaired) electrons. The monoisotopic (exact) mass is 266 g/mol. The van der Waals surface area contributed by atoms with E-state index in [0.29, 0.717) is 12.3 Å². The minimum Gasteiger partial charge on any atom is -0.108 e. The van der Waals surface area contributed by atoms with Gasteiger partial charge in [0.1, 0.15) is 12.2 Å². The molecule has 20 heavy (non-hydrogen) atoms. The van der Waals surface area contributed by atoms with Gasteiger partial charge in [-0.1, -0.05) is 34.8 Å². The Labute approximate surface area is 116 Å². The van der Waals surface area contributed by atoms with Crippen LogP contribution in [0.25, 0.3) is 5.78 Å². The van der Waals surface area contributed by atoms with Crippen molar-refractivity contribution in [3.8, 4) is 0 Å². The van der Waals surface area contributed by atoms with Crippen molar-refractivity contribution in [2.75, 3.05) is 0 Å². The lowest BCUT2D eigenvalue weighted by Crippen LogP contribution is -2.34. The molecule has 2 heterocycles. The quantitative estimate of drug-likeness (QED) is 0.658. The summed E-state index contributed by atoms with van der Waals surface area (Å²) >= 11 is 0. The lowest BCUT2D eigenvalue weighted by Gasteiger charge is -2.11. The maximum atomic E-state index is 4.58. The summed E-state index contributed by atoms with van der Waals surface area (Å²) < 4.78 is 1.91. The normalized spacial score (nSPS) is 14.4. The van der Waals surface area contributed by atoms with Crippen molar-refractivity contribution in [1.29, 1.82) is 0 Å². The van der Waals surface area contributed by atoms with Crippen LogP contribution >= 0.6 is 0 Å². The summed E-state index contributed by atoms with van der Waals surface area (Å²) in [6, 6.07) is 10.3. The highest BCUT2D eigenvalue weighted by Crippen LogP contribution is 2.16. The number of tetrazole rings is 1. The predicted octanol–water partition coefficient (Wildman–Crippen LogP) is 1.34. The molecule has 5 heteroatoms. The topological polar surface area (TPSA) is 47.7 Å². The Morgan fingerprint density at radius 3 is 2.85 bits per heavy atom. The molecule has 4 rings (SSSR count). The summed E-state index contributed by atoms with van der Waals surface area (Å²) in [7, 11) is 0. The van der Waals surface area contributed by atoms with Gasteiger partial charge in [-0.15, -0.1) is 4.98 Å². The van der Waals surface area contributed by atoms with Crippen molar-refractivity contribution in [3.63, 3.8) is 0 Å². The number of aromatic nitrogens is 5. The molecule has 0 saturated carbocycles. The molecule has 0 N–H and O–H groups in total. The second kappa shape index (κ2) is 4.67. The van der Waals surface area contributed by atoms with Crippen LogP contribution in [0.1, 0.15) is 29.7 Å². The first kappa shape index (κ1) is 11.5. The van der Waals surface area contributed by atoms with Gasteiger partial charge in [0, 0.05) is 17.2 Å². The standard InChI is InChI=1S/C15H16N5/c1-2-6-12(7-3-1)11-19-17-15-16-10-13-8-4-5-9-14(13)20(15)18-19/h1-3,6-7,10H,4-5,8-9,11H2/q+1. The number of rotatable bonds is 2. The van der Waals surface area contributed by atoms with E-state index in [2.05, 4.69) is 27.4 Å². The van der Waals surface area contributed by atoms with Crippen LogP contribution in [0.2, 0.25) is 0 Å². The molecular weight excluding hydrogens is 250 g/mol. The molecule has 0 bridgehead atoms. The van der Waals surface area contributed by atoms with Crippen molar-refractivity contribution in [1.82, 2.24) is 20.1 Å². The molecular formula is C15H16N5+. The highest BCUT2D eigenvalue weighted by Gasteiger charge is 2.21. The third-order valence-electron chi connectivity index (χ3n) is 3.83. The lowest BCUT2D eigenvalue weighted by atomic mass is 9.98. The second-order valence-corrected chi connectivity index (χ2v) is 5.25. The van der Waals surface area contributed by atoms with Crippen molar-refractivity contribution in [3.05, 3.63) is 53.3 Å². The van der Waals surface area contributed by atoms with Crippen LogP contribution in [0.4, 0.5) is 0 Å². The minimum absolute atomic E-state index is 0.680. The average Bonchev–Trinajstić information content (AvgIpc) is 2.91. The minimum atomic E-state index is 0.680. The Morgan fingerprint density at radius 1 is 1.10 bits per heavy atom. The van der Waals surface area contributed by atoms with Crippen LogP contribution in [-0.2, 0) is 19.4 Å². The summed E-state index contributed by atoms with van der Waals surface area (Å²) in [5, 5.41) is 9.05. The van der Waals surface area contributed by atoms with Crippen molar-refractivity contribution in [2.24, 2.45) is 0 Å². The molecule has 0 spiro atoms. The number of fused-ring (bicyclic) bond motifs is 3. The first-order chi connectivity index (χ1) is 9.90.